The first-order valence-corrected chi connectivity index (χ1v) is 6.00. The molecule has 1 unspecified atom stereocenters. The van der Waals surface area contributed by atoms with Crippen molar-refractivity contribution in [3.63, 3.8) is 0 Å². The summed E-state index contributed by atoms with van der Waals surface area (Å²) in [6, 6.07) is 9.86. The van der Waals surface area contributed by atoms with Crippen LogP contribution in [0.4, 0.5) is 0 Å². The number of nitrogens with one attached hydrogen (secondary N) is 1. The molecule has 1 atom stereocenters. The Labute approximate surface area is 109 Å². The predicted octanol–water partition coefficient (Wildman–Crippen LogP) is 1.99. The van der Waals surface area contributed by atoms with Crippen molar-refractivity contribution in [1.82, 2.24) is 9.55 Å². The summed E-state index contributed by atoms with van der Waals surface area (Å²) in [5, 5.41) is 0.0230. The Balaban J connectivity index is 2.28. The van der Waals surface area contributed by atoms with Gasteiger partial charge < -0.3 is 0 Å². The molecule has 1 heterocycles. The maximum atomic E-state index is 11.6. The van der Waals surface area contributed by atoms with E-state index >= 15 is 0 Å². The maximum Gasteiger partial charge on any atom is 0.328 e. The van der Waals surface area contributed by atoms with Crippen molar-refractivity contribution >= 4 is 11.6 Å². The fourth-order valence-corrected chi connectivity index (χ4v) is 1.97. The highest BCUT2D eigenvalue weighted by Crippen LogP contribution is 2.16. The van der Waals surface area contributed by atoms with Crippen LogP contribution in [0.25, 0.3) is 0 Å². The van der Waals surface area contributed by atoms with E-state index in [1.54, 1.807) is 0 Å². The normalized spacial score (nSPS) is 12.3. The Morgan fingerprint density at radius 1 is 1.28 bits per heavy atom. The molecule has 0 aliphatic rings. The van der Waals surface area contributed by atoms with Crippen LogP contribution in [0.5, 0.6) is 0 Å². The Kier molecular flexibility index (Phi) is 3.67. The van der Waals surface area contributed by atoms with Gasteiger partial charge in [-0.3, -0.25) is 14.3 Å². The van der Waals surface area contributed by atoms with Gasteiger partial charge in [0.15, 0.2) is 0 Å². The lowest BCUT2D eigenvalue weighted by Gasteiger charge is -2.13. The summed E-state index contributed by atoms with van der Waals surface area (Å²) in [7, 11) is 0. The molecular formula is C13H13ClN2O2. The van der Waals surface area contributed by atoms with Crippen molar-refractivity contribution in [3.8, 4) is 0 Å². The number of aromatic amines is 1. The predicted molar refractivity (Wildman–Crippen MR) is 71.2 cm³/mol. The Hall–Kier alpha value is -1.81. The summed E-state index contributed by atoms with van der Waals surface area (Å²) in [4.78, 5) is 24.9. The van der Waals surface area contributed by atoms with Crippen molar-refractivity contribution in [1.29, 1.82) is 0 Å². The minimum atomic E-state index is -0.551. The molecule has 0 amide bonds. The van der Waals surface area contributed by atoms with Gasteiger partial charge in [-0.05, 0) is 11.5 Å². The molecule has 0 fully saturated rings. The Morgan fingerprint density at radius 3 is 2.61 bits per heavy atom. The highest BCUT2D eigenvalue weighted by molar-refractivity contribution is 6.30. The third-order valence-corrected chi connectivity index (χ3v) is 3.08. The van der Waals surface area contributed by atoms with Gasteiger partial charge in [-0.2, -0.15) is 0 Å². The van der Waals surface area contributed by atoms with E-state index in [-0.39, 0.29) is 10.9 Å². The number of rotatable bonds is 3. The molecule has 18 heavy (non-hydrogen) atoms. The van der Waals surface area contributed by atoms with Crippen LogP contribution in [0.3, 0.4) is 0 Å². The number of hydrogen-bond donors (Lipinski definition) is 1. The van der Waals surface area contributed by atoms with Gasteiger partial charge in [0.1, 0.15) is 5.02 Å². The molecule has 1 aromatic heterocycles. The van der Waals surface area contributed by atoms with Crippen LogP contribution >= 0.6 is 11.6 Å². The summed E-state index contributed by atoms with van der Waals surface area (Å²) in [6.07, 6.45) is 1.38. The van der Waals surface area contributed by atoms with E-state index < -0.39 is 11.2 Å². The standard InChI is InChI=1S/C13H13ClN2O2/c1-9(10-5-3-2-4-6-10)7-16-8-11(14)12(17)15-13(16)18/h2-6,8-9H,7H2,1H3,(H,15,17,18). The average molecular weight is 265 g/mol. The fourth-order valence-electron chi connectivity index (χ4n) is 1.80. The summed E-state index contributed by atoms with van der Waals surface area (Å²) in [6.45, 7) is 2.49. The number of aromatic nitrogens is 2. The van der Waals surface area contributed by atoms with Crippen molar-refractivity contribution in [3.05, 3.63) is 68.0 Å². The van der Waals surface area contributed by atoms with Gasteiger partial charge in [0.05, 0.1) is 0 Å². The van der Waals surface area contributed by atoms with Crippen LogP contribution < -0.4 is 11.2 Å². The molecule has 0 spiro atoms. The van der Waals surface area contributed by atoms with Gasteiger partial charge in [-0.15, -0.1) is 0 Å². The van der Waals surface area contributed by atoms with E-state index in [4.69, 9.17) is 11.6 Å². The van der Waals surface area contributed by atoms with Crippen LogP contribution in [0.1, 0.15) is 18.4 Å². The van der Waals surface area contributed by atoms with E-state index in [1.807, 2.05) is 37.3 Å². The molecule has 4 nitrogen and oxygen atoms in total. The zero-order valence-electron chi connectivity index (χ0n) is 9.89. The minimum absolute atomic E-state index is 0.0230. The van der Waals surface area contributed by atoms with E-state index in [9.17, 15) is 9.59 Å². The molecule has 5 heteroatoms. The minimum Gasteiger partial charge on any atom is -0.298 e. The fraction of sp³-hybridized carbons (Fsp3) is 0.231. The molecule has 1 aromatic carbocycles. The number of hydrogen-bond acceptors (Lipinski definition) is 2. The molecular weight excluding hydrogens is 252 g/mol. The first-order valence-electron chi connectivity index (χ1n) is 5.62. The molecule has 2 aromatic rings. The third-order valence-electron chi connectivity index (χ3n) is 2.81. The smallest absolute Gasteiger partial charge is 0.298 e. The number of nitrogens with zero attached hydrogens (tertiary/aromatic N) is 1. The lowest BCUT2D eigenvalue weighted by molar-refractivity contribution is 0.567. The average Bonchev–Trinajstić information content (AvgIpc) is 2.37. The second kappa shape index (κ2) is 5.23. The largest absolute Gasteiger partial charge is 0.328 e. The summed E-state index contributed by atoms with van der Waals surface area (Å²) in [5.74, 6) is 0.158. The van der Waals surface area contributed by atoms with Crippen molar-refractivity contribution in [2.24, 2.45) is 0 Å². The molecule has 0 aliphatic carbocycles. The van der Waals surface area contributed by atoms with Gasteiger partial charge in [-0.25, -0.2) is 4.79 Å². The molecule has 1 N–H and O–H groups in total. The number of halogens is 1. The summed E-state index contributed by atoms with van der Waals surface area (Å²) < 4.78 is 1.42. The SMILES string of the molecule is CC(Cn1cc(Cl)c(=O)[nH]c1=O)c1ccccc1. The summed E-state index contributed by atoms with van der Waals surface area (Å²) >= 11 is 5.71. The molecule has 0 radical (unpaired) electrons. The second-order valence-corrected chi connectivity index (χ2v) is 4.61. The van der Waals surface area contributed by atoms with Crippen LogP contribution in [0, 0.1) is 0 Å². The molecule has 0 saturated heterocycles. The monoisotopic (exact) mass is 264 g/mol. The highest BCUT2D eigenvalue weighted by Gasteiger charge is 2.08. The molecule has 2 rings (SSSR count). The molecule has 0 aliphatic heterocycles. The Morgan fingerprint density at radius 2 is 1.94 bits per heavy atom. The highest BCUT2D eigenvalue weighted by atomic mass is 35.5. The first-order chi connectivity index (χ1) is 8.58. The second-order valence-electron chi connectivity index (χ2n) is 4.20. The maximum absolute atomic E-state index is 11.6. The van der Waals surface area contributed by atoms with Crippen molar-refractivity contribution in [2.45, 2.75) is 19.4 Å². The van der Waals surface area contributed by atoms with E-state index in [0.29, 0.717) is 6.54 Å². The van der Waals surface area contributed by atoms with Gasteiger partial charge in [0, 0.05) is 12.7 Å². The molecule has 0 bridgehead atoms. The van der Waals surface area contributed by atoms with Gasteiger partial charge in [0.2, 0.25) is 0 Å². The third kappa shape index (κ3) is 2.71. The van der Waals surface area contributed by atoms with E-state index in [0.717, 1.165) is 5.56 Å². The van der Waals surface area contributed by atoms with E-state index in [2.05, 4.69) is 4.98 Å². The van der Waals surface area contributed by atoms with Crippen LogP contribution in [-0.2, 0) is 6.54 Å². The number of H-pyrrole nitrogens is 1. The van der Waals surface area contributed by atoms with Crippen LogP contribution in [0.2, 0.25) is 5.02 Å². The van der Waals surface area contributed by atoms with Gasteiger partial charge in [0.25, 0.3) is 5.56 Å². The van der Waals surface area contributed by atoms with Crippen LogP contribution in [0.15, 0.2) is 46.1 Å². The molecule has 0 saturated carbocycles. The lowest BCUT2D eigenvalue weighted by atomic mass is 10.0. The molecule has 94 valence electrons. The van der Waals surface area contributed by atoms with Gasteiger partial charge >= 0.3 is 5.69 Å². The summed E-state index contributed by atoms with van der Waals surface area (Å²) in [5.41, 5.74) is 0.143. The topological polar surface area (TPSA) is 54.9 Å². The number of benzene rings is 1. The quantitative estimate of drug-likeness (QED) is 0.922. The van der Waals surface area contributed by atoms with Crippen molar-refractivity contribution in [2.75, 3.05) is 0 Å². The van der Waals surface area contributed by atoms with Gasteiger partial charge in [-0.1, -0.05) is 48.9 Å². The Bertz CT molecular complexity index is 646. The first kappa shape index (κ1) is 12.6. The van der Waals surface area contributed by atoms with Crippen molar-refractivity contribution < 1.29 is 0 Å². The van der Waals surface area contributed by atoms with E-state index in [1.165, 1.54) is 10.8 Å². The van der Waals surface area contributed by atoms with Crippen LogP contribution in [-0.4, -0.2) is 9.55 Å². The zero-order valence-corrected chi connectivity index (χ0v) is 10.6. The lowest BCUT2D eigenvalue weighted by Crippen LogP contribution is -2.30. The zero-order chi connectivity index (χ0) is 13.1.